The molecule has 0 fully saturated rings. The summed E-state index contributed by atoms with van der Waals surface area (Å²) < 4.78 is 8.93. The minimum Gasteiger partial charge on any atom is -0.462 e. The summed E-state index contributed by atoms with van der Waals surface area (Å²) in [5.74, 6) is -1.00. The normalized spacial score (nSPS) is 11.0. The number of nitrogens with zero attached hydrogens (tertiary/aromatic N) is 2. The van der Waals surface area contributed by atoms with Crippen LogP contribution in [-0.2, 0) is 4.74 Å². The van der Waals surface area contributed by atoms with E-state index in [1.54, 1.807) is 35.7 Å². The van der Waals surface area contributed by atoms with Crippen LogP contribution in [0.4, 0.5) is 0 Å². The molecule has 0 aliphatic heterocycles. The molecule has 0 aliphatic carbocycles. The Hall–Kier alpha value is -2.97. The molecular weight excluding hydrogens is 454 g/mol. The van der Waals surface area contributed by atoms with Crippen LogP contribution in [0.2, 0.25) is 0 Å². The third kappa shape index (κ3) is 3.34. The SMILES string of the molecule is CCOC(=O)c1c(=N)n(C(=O)c2ccccc2)n2c(-c3ccc(Br)cc3)csc12. The van der Waals surface area contributed by atoms with Crippen LogP contribution in [0.25, 0.3) is 16.1 Å². The molecule has 2 aromatic carbocycles. The molecule has 1 N–H and O–H groups in total. The lowest BCUT2D eigenvalue weighted by atomic mass is 10.2. The Morgan fingerprint density at radius 2 is 1.79 bits per heavy atom. The van der Waals surface area contributed by atoms with Crippen molar-refractivity contribution in [2.24, 2.45) is 0 Å². The van der Waals surface area contributed by atoms with Crippen molar-refractivity contribution in [2.75, 3.05) is 6.61 Å². The largest absolute Gasteiger partial charge is 0.462 e. The molecule has 146 valence electrons. The van der Waals surface area contributed by atoms with Gasteiger partial charge in [-0.15, -0.1) is 11.3 Å². The Labute approximate surface area is 178 Å². The Balaban J connectivity index is 2.02. The zero-order valence-electron chi connectivity index (χ0n) is 15.4. The maximum Gasteiger partial charge on any atom is 0.345 e. The minimum absolute atomic E-state index is 0.0875. The molecule has 2 heterocycles. The number of esters is 1. The predicted molar refractivity (Wildman–Crippen MR) is 114 cm³/mol. The van der Waals surface area contributed by atoms with Crippen LogP contribution in [0.1, 0.15) is 27.6 Å². The summed E-state index contributed by atoms with van der Waals surface area (Å²) in [5, 5.41) is 10.5. The topological polar surface area (TPSA) is 76.6 Å². The van der Waals surface area contributed by atoms with Crippen LogP contribution < -0.4 is 5.49 Å². The van der Waals surface area contributed by atoms with E-state index in [1.165, 1.54) is 16.0 Å². The molecule has 0 spiro atoms. The summed E-state index contributed by atoms with van der Waals surface area (Å²) in [4.78, 5) is 26.3. The summed E-state index contributed by atoms with van der Waals surface area (Å²) >= 11 is 4.72. The highest BCUT2D eigenvalue weighted by atomic mass is 79.9. The van der Waals surface area contributed by atoms with Gasteiger partial charge in [0.2, 0.25) is 0 Å². The second-order valence-electron chi connectivity index (χ2n) is 6.17. The fourth-order valence-electron chi connectivity index (χ4n) is 3.09. The quantitative estimate of drug-likeness (QED) is 0.444. The fraction of sp³-hybridized carbons (Fsp3) is 0.0952. The monoisotopic (exact) mass is 469 g/mol. The number of rotatable bonds is 4. The van der Waals surface area contributed by atoms with Gasteiger partial charge in [-0.05, 0) is 31.2 Å². The first-order valence-electron chi connectivity index (χ1n) is 8.85. The van der Waals surface area contributed by atoms with E-state index in [-0.39, 0.29) is 17.7 Å². The Kier molecular flexibility index (Phi) is 5.21. The molecular formula is C21H16BrN3O3S. The van der Waals surface area contributed by atoms with Crippen molar-refractivity contribution in [3.63, 3.8) is 0 Å². The Bertz CT molecular complexity index is 1270. The van der Waals surface area contributed by atoms with Crippen molar-refractivity contribution >= 4 is 44.0 Å². The van der Waals surface area contributed by atoms with E-state index in [9.17, 15) is 9.59 Å². The van der Waals surface area contributed by atoms with Crippen molar-refractivity contribution in [3.05, 3.63) is 81.1 Å². The Morgan fingerprint density at radius 1 is 1.10 bits per heavy atom. The van der Waals surface area contributed by atoms with Gasteiger partial charge in [0, 0.05) is 21.0 Å². The van der Waals surface area contributed by atoms with Gasteiger partial charge in [-0.3, -0.25) is 10.2 Å². The van der Waals surface area contributed by atoms with E-state index >= 15 is 0 Å². The molecule has 0 amide bonds. The van der Waals surface area contributed by atoms with Gasteiger partial charge in [-0.1, -0.05) is 46.3 Å². The maximum atomic E-state index is 13.3. The second-order valence-corrected chi connectivity index (χ2v) is 7.95. The van der Waals surface area contributed by atoms with Crippen LogP contribution in [-0.4, -0.2) is 27.7 Å². The molecule has 0 saturated heterocycles. The molecule has 0 unspecified atom stereocenters. The minimum atomic E-state index is -0.612. The van der Waals surface area contributed by atoms with Gasteiger partial charge in [-0.25, -0.2) is 9.31 Å². The van der Waals surface area contributed by atoms with Gasteiger partial charge in [-0.2, -0.15) is 4.68 Å². The fourth-order valence-corrected chi connectivity index (χ4v) is 4.39. The highest BCUT2D eigenvalue weighted by Gasteiger charge is 2.27. The van der Waals surface area contributed by atoms with E-state index < -0.39 is 11.9 Å². The molecule has 0 bridgehead atoms. The second kappa shape index (κ2) is 7.81. The number of ether oxygens (including phenoxy) is 1. The van der Waals surface area contributed by atoms with Gasteiger partial charge in [0.05, 0.1) is 12.3 Å². The molecule has 0 atom stereocenters. The first-order valence-corrected chi connectivity index (χ1v) is 10.5. The lowest BCUT2D eigenvalue weighted by molar-refractivity contribution is 0.0526. The number of fused-ring (bicyclic) bond motifs is 1. The van der Waals surface area contributed by atoms with Crippen LogP contribution in [0.5, 0.6) is 0 Å². The predicted octanol–water partition coefficient (Wildman–Crippen LogP) is 4.58. The summed E-state index contributed by atoms with van der Waals surface area (Å²) in [6.45, 7) is 1.90. The average Bonchev–Trinajstić information content (AvgIpc) is 3.26. The summed E-state index contributed by atoms with van der Waals surface area (Å²) in [5.41, 5.74) is 1.89. The molecule has 29 heavy (non-hydrogen) atoms. The molecule has 0 aliphatic rings. The van der Waals surface area contributed by atoms with Crippen LogP contribution in [0.15, 0.2) is 64.5 Å². The lowest BCUT2D eigenvalue weighted by Gasteiger charge is -2.08. The number of carbonyl (C=O) groups excluding carboxylic acids is 2. The van der Waals surface area contributed by atoms with E-state index in [1.807, 2.05) is 35.7 Å². The van der Waals surface area contributed by atoms with Crippen molar-refractivity contribution in [3.8, 4) is 11.3 Å². The third-order valence-electron chi connectivity index (χ3n) is 4.40. The van der Waals surface area contributed by atoms with Crippen molar-refractivity contribution < 1.29 is 14.3 Å². The van der Waals surface area contributed by atoms with E-state index in [0.717, 1.165) is 10.0 Å². The molecule has 0 saturated carbocycles. The van der Waals surface area contributed by atoms with E-state index in [4.69, 9.17) is 10.1 Å². The number of aromatic nitrogens is 2. The van der Waals surface area contributed by atoms with Gasteiger partial charge < -0.3 is 4.74 Å². The number of benzene rings is 2. The maximum absolute atomic E-state index is 13.3. The first-order chi connectivity index (χ1) is 14.0. The van der Waals surface area contributed by atoms with Gasteiger partial charge in [0.1, 0.15) is 10.4 Å². The van der Waals surface area contributed by atoms with Gasteiger partial charge in [0.15, 0.2) is 5.49 Å². The highest BCUT2D eigenvalue weighted by Crippen LogP contribution is 2.29. The molecule has 0 radical (unpaired) electrons. The first kappa shape index (κ1) is 19.4. The van der Waals surface area contributed by atoms with Crippen LogP contribution in [0.3, 0.4) is 0 Å². The zero-order chi connectivity index (χ0) is 20.5. The standard InChI is InChI=1S/C21H16BrN3O3S/c1-2-28-21(27)17-18(23)25(19(26)14-6-4-3-5-7-14)24-16(12-29-20(17)24)13-8-10-15(22)11-9-13/h3-12,23H,2H2,1H3. The number of carbonyl (C=O) groups is 2. The number of hydrogen-bond donors (Lipinski definition) is 1. The van der Waals surface area contributed by atoms with E-state index in [2.05, 4.69) is 15.9 Å². The van der Waals surface area contributed by atoms with Gasteiger partial charge >= 0.3 is 5.97 Å². The van der Waals surface area contributed by atoms with Crippen molar-refractivity contribution in [1.29, 1.82) is 5.41 Å². The summed E-state index contributed by atoms with van der Waals surface area (Å²) in [6.07, 6.45) is 0. The number of thiazole rings is 1. The molecule has 6 nitrogen and oxygen atoms in total. The smallest absolute Gasteiger partial charge is 0.345 e. The molecule has 4 rings (SSSR count). The van der Waals surface area contributed by atoms with Crippen LogP contribution in [0, 0.1) is 5.41 Å². The number of hydrogen-bond acceptors (Lipinski definition) is 5. The summed E-state index contributed by atoms with van der Waals surface area (Å²) in [7, 11) is 0. The van der Waals surface area contributed by atoms with Crippen LogP contribution >= 0.6 is 27.3 Å². The average molecular weight is 470 g/mol. The highest BCUT2D eigenvalue weighted by molar-refractivity contribution is 9.10. The van der Waals surface area contributed by atoms with Crippen molar-refractivity contribution in [1.82, 2.24) is 9.20 Å². The zero-order valence-corrected chi connectivity index (χ0v) is 17.8. The molecule has 2 aromatic heterocycles. The third-order valence-corrected chi connectivity index (χ3v) is 5.87. The molecule has 8 heteroatoms. The number of halogens is 1. The summed E-state index contributed by atoms with van der Waals surface area (Å²) in [6, 6.07) is 16.3. The number of nitrogens with one attached hydrogen (secondary N) is 1. The van der Waals surface area contributed by atoms with E-state index in [0.29, 0.717) is 16.1 Å². The van der Waals surface area contributed by atoms with Crippen molar-refractivity contribution in [2.45, 2.75) is 6.92 Å². The Morgan fingerprint density at radius 3 is 2.45 bits per heavy atom. The lowest BCUT2D eigenvalue weighted by Crippen LogP contribution is -2.30. The molecule has 4 aromatic rings. The van der Waals surface area contributed by atoms with Gasteiger partial charge in [0.25, 0.3) is 5.91 Å².